The van der Waals surface area contributed by atoms with Crippen LogP contribution in [0, 0.1) is 11.3 Å². The first kappa shape index (κ1) is 13.1. The van der Waals surface area contributed by atoms with Crippen molar-refractivity contribution in [2.45, 2.75) is 26.2 Å². The molecule has 1 aliphatic heterocycles. The second-order valence-electron chi connectivity index (χ2n) is 5.22. The molecule has 0 atom stereocenters. The van der Waals surface area contributed by atoms with Crippen LogP contribution in [0.1, 0.15) is 26.2 Å². The van der Waals surface area contributed by atoms with E-state index in [0.29, 0.717) is 10.9 Å². The normalized spacial score (nSPS) is 33.7. The quantitative estimate of drug-likeness (QED) is 0.777. The summed E-state index contributed by atoms with van der Waals surface area (Å²) in [6.45, 7) is 3.87. The van der Waals surface area contributed by atoms with Gasteiger partial charge in [-0.15, -0.1) is 0 Å². The molecule has 5 heteroatoms. The maximum absolute atomic E-state index is 12.6. The molecule has 96 valence electrons. The number of carbonyl (C=O) groups excluding carboxylic acids is 1. The van der Waals surface area contributed by atoms with Gasteiger partial charge in [0, 0.05) is 18.8 Å². The van der Waals surface area contributed by atoms with Crippen LogP contribution in [0.2, 0.25) is 0 Å². The lowest BCUT2D eigenvalue weighted by atomic mass is 9.61. The van der Waals surface area contributed by atoms with Gasteiger partial charge in [-0.2, -0.15) is 11.8 Å². The molecular weight excluding hydrogens is 252 g/mol. The Balaban J connectivity index is 2.08. The van der Waals surface area contributed by atoms with E-state index in [2.05, 4.69) is 6.92 Å². The van der Waals surface area contributed by atoms with Crippen molar-refractivity contribution in [1.29, 1.82) is 0 Å². The number of rotatable bonds is 2. The molecule has 1 aliphatic carbocycles. The van der Waals surface area contributed by atoms with Crippen molar-refractivity contribution in [3.8, 4) is 0 Å². The second-order valence-corrected chi connectivity index (χ2v) is 6.88. The van der Waals surface area contributed by atoms with E-state index in [4.69, 9.17) is 18.0 Å². The zero-order valence-corrected chi connectivity index (χ0v) is 11.9. The molecule has 1 saturated carbocycles. The molecule has 2 fully saturated rings. The van der Waals surface area contributed by atoms with E-state index in [1.165, 1.54) is 0 Å². The molecular formula is C12H20N2OS2. The third kappa shape index (κ3) is 2.45. The van der Waals surface area contributed by atoms with Gasteiger partial charge in [0.05, 0.1) is 10.4 Å². The molecule has 1 amide bonds. The fourth-order valence-corrected chi connectivity index (χ4v) is 4.00. The smallest absolute Gasteiger partial charge is 0.235 e. The summed E-state index contributed by atoms with van der Waals surface area (Å²) >= 11 is 7.06. The third-order valence-corrected chi connectivity index (χ3v) is 5.22. The Kier molecular flexibility index (Phi) is 3.98. The van der Waals surface area contributed by atoms with Gasteiger partial charge in [0.25, 0.3) is 0 Å². The van der Waals surface area contributed by atoms with Gasteiger partial charge in [-0.3, -0.25) is 4.79 Å². The zero-order valence-electron chi connectivity index (χ0n) is 10.3. The van der Waals surface area contributed by atoms with E-state index >= 15 is 0 Å². The van der Waals surface area contributed by atoms with Gasteiger partial charge in [-0.05, 0) is 30.9 Å². The Morgan fingerprint density at radius 1 is 1.41 bits per heavy atom. The minimum absolute atomic E-state index is 0.186. The van der Waals surface area contributed by atoms with E-state index in [1.807, 2.05) is 16.7 Å². The standard InChI is InChI=1S/C12H20N2OS2/c1-9-7-12(8-9,10(13)16)11(15)14-3-2-5-17-6-4-14/h9H,2-8H2,1H3,(H2,13,16). The zero-order chi connectivity index (χ0) is 12.5. The first-order valence-electron chi connectivity index (χ1n) is 6.23. The SMILES string of the molecule is CC1CC(C(=O)N2CCCSCC2)(C(N)=S)C1. The Hall–Kier alpha value is -0.290. The highest BCUT2D eigenvalue weighted by atomic mass is 32.2. The van der Waals surface area contributed by atoms with Crippen LogP contribution in [0.4, 0.5) is 0 Å². The van der Waals surface area contributed by atoms with Crippen molar-refractivity contribution < 1.29 is 4.79 Å². The fraction of sp³-hybridized carbons (Fsp3) is 0.833. The van der Waals surface area contributed by atoms with Crippen LogP contribution < -0.4 is 5.73 Å². The highest BCUT2D eigenvalue weighted by Crippen LogP contribution is 2.47. The Morgan fingerprint density at radius 2 is 2.12 bits per heavy atom. The first-order valence-corrected chi connectivity index (χ1v) is 7.79. The van der Waals surface area contributed by atoms with Crippen LogP contribution in [0.25, 0.3) is 0 Å². The number of hydrogen-bond acceptors (Lipinski definition) is 3. The lowest BCUT2D eigenvalue weighted by Gasteiger charge is -2.46. The van der Waals surface area contributed by atoms with Crippen LogP contribution in [0.5, 0.6) is 0 Å². The van der Waals surface area contributed by atoms with E-state index in [1.54, 1.807) is 0 Å². The van der Waals surface area contributed by atoms with Crippen LogP contribution >= 0.6 is 24.0 Å². The number of carbonyl (C=O) groups is 1. The van der Waals surface area contributed by atoms with Crippen molar-refractivity contribution >= 4 is 34.9 Å². The van der Waals surface area contributed by atoms with Gasteiger partial charge in [0.1, 0.15) is 0 Å². The van der Waals surface area contributed by atoms with Crippen molar-refractivity contribution in [1.82, 2.24) is 4.90 Å². The number of nitrogens with two attached hydrogens (primary N) is 1. The summed E-state index contributed by atoms with van der Waals surface area (Å²) in [5.74, 6) is 2.95. The Morgan fingerprint density at radius 3 is 2.71 bits per heavy atom. The molecule has 0 spiro atoms. The second kappa shape index (κ2) is 5.14. The molecule has 17 heavy (non-hydrogen) atoms. The molecule has 0 radical (unpaired) electrons. The van der Waals surface area contributed by atoms with Gasteiger partial charge in [-0.1, -0.05) is 19.1 Å². The summed E-state index contributed by atoms with van der Waals surface area (Å²) in [4.78, 5) is 15.0. The lowest BCUT2D eigenvalue weighted by molar-refractivity contribution is -0.143. The Labute approximate surface area is 112 Å². The van der Waals surface area contributed by atoms with E-state index in [-0.39, 0.29) is 5.91 Å². The van der Waals surface area contributed by atoms with Gasteiger partial charge in [-0.25, -0.2) is 0 Å². The fourth-order valence-electron chi connectivity index (χ4n) is 2.86. The summed E-state index contributed by atoms with van der Waals surface area (Å²) in [5.41, 5.74) is 5.31. The summed E-state index contributed by atoms with van der Waals surface area (Å²) in [7, 11) is 0. The maximum Gasteiger partial charge on any atom is 0.235 e. The molecule has 0 unspecified atom stereocenters. The first-order chi connectivity index (χ1) is 8.06. The molecule has 2 N–H and O–H groups in total. The predicted molar refractivity (Wildman–Crippen MR) is 76.1 cm³/mol. The topological polar surface area (TPSA) is 46.3 Å². The molecule has 1 saturated heterocycles. The third-order valence-electron chi connectivity index (χ3n) is 3.78. The molecule has 2 rings (SSSR count). The van der Waals surface area contributed by atoms with Crippen LogP contribution in [0.15, 0.2) is 0 Å². The average Bonchev–Trinajstić information content (AvgIpc) is 2.51. The molecule has 0 bridgehead atoms. The molecule has 2 aliphatic rings. The van der Waals surface area contributed by atoms with Crippen molar-refractivity contribution in [2.75, 3.05) is 24.6 Å². The highest BCUT2D eigenvalue weighted by Gasteiger charge is 2.52. The molecule has 0 aromatic carbocycles. The number of hydrogen-bond donors (Lipinski definition) is 1. The van der Waals surface area contributed by atoms with Crippen LogP contribution in [-0.4, -0.2) is 40.4 Å². The Bertz CT molecular complexity index is 318. The van der Waals surface area contributed by atoms with E-state index in [0.717, 1.165) is 43.9 Å². The van der Waals surface area contributed by atoms with Gasteiger partial charge in [0.15, 0.2) is 0 Å². The molecule has 0 aromatic heterocycles. The minimum Gasteiger partial charge on any atom is -0.392 e. The summed E-state index contributed by atoms with van der Waals surface area (Å²) in [5, 5.41) is 0. The number of thioether (sulfide) groups is 1. The monoisotopic (exact) mass is 272 g/mol. The molecule has 1 heterocycles. The van der Waals surface area contributed by atoms with E-state index in [9.17, 15) is 4.79 Å². The molecule has 0 aromatic rings. The van der Waals surface area contributed by atoms with Gasteiger partial charge < -0.3 is 10.6 Å². The number of amides is 1. The lowest BCUT2D eigenvalue weighted by Crippen LogP contribution is -2.57. The van der Waals surface area contributed by atoms with Crippen LogP contribution in [-0.2, 0) is 4.79 Å². The van der Waals surface area contributed by atoms with E-state index < -0.39 is 5.41 Å². The minimum atomic E-state index is -0.510. The summed E-state index contributed by atoms with van der Waals surface area (Å²) in [6.07, 6.45) is 2.76. The highest BCUT2D eigenvalue weighted by molar-refractivity contribution is 7.99. The maximum atomic E-state index is 12.6. The molecule has 3 nitrogen and oxygen atoms in total. The largest absolute Gasteiger partial charge is 0.392 e. The average molecular weight is 272 g/mol. The summed E-state index contributed by atoms with van der Waals surface area (Å²) < 4.78 is 0. The van der Waals surface area contributed by atoms with Crippen LogP contribution in [0.3, 0.4) is 0 Å². The van der Waals surface area contributed by atoms with Crippen molar-refractivity contribution in [2.24, 2.45) is 17.1 Å². The van der Waals surface area contributed by atoms with Crippen molar-refractivity contribution in [3.05, 3.63) is 0 Å². The van der Waals surface area contributed by atoms with Gasteiger partial charge >= 0.3 is 0 Å². The summed E-state index contributed by atoms with van der Waals surface area (Å²) in [6, 6.07) is 0. The number of nitrogens with zero attached hydrogens (tertiary/aromatic N) is 1. The predicted octanol–water partition coefficient (Wildman–Crippen LogP) is 1.65. The van der Waals surface area contributed by atoms with Gasteiger partial charge in [0.2, 0.25) is 5.91 Å². The number of thiocarbonyl (C=S) groups is 1. The van der Waals surface area contributed by atoms with Crippen molar-refractivity contribution in [3.63, 3.8) is 0 Å².